The van der Waals surface area contributed by atoms with Gasteiger partial charge in [0.2, 0.25) is 0 Å². The Balaban J connectivity index is 2.65. The fourth-order valence-electron chi connectivity index (χ4n) is 1.87. The molecule has 6 nitrogen and oxygen atoms in total. The number of amides is 2. The first kappa shape index (κ1) is 17.1. The average molecular weight is 315 g/mol. The number of carbonyl (C=O) groups is 2. The number of hydrogen-bond donors (Lipinski definition) is 3. The van der Waals surface area contributed by atoms with Crippen LogP contribution >= 0.6 is 11.6 Å². The van der Waals surface area contributed by atoms with Crippen molar-refractivity contribution < 1.29 is 19.4 Å². The van der Waals surface area contributed by atoms with E-state index in [1.54, 1.807) is 18.2 Å². The third kappa shape index (κ3) is 5.91. The summed E-state index contributed by atoms with van der Waals surface area (Å²) in [4.78, 5) is 22.6. The molecule has 0 saturated carbocycles. The first-order valence-electron chi connectivity index (χ1n) is 6.59. The fraction of sp³-hybridized carbons (Fsp3) is 0.429. The Morgan fingerprint density at radius 1 is 1.43 bits per heavy atom. The van der Waals surface area contributed by atoms with Crippen LogP contribution in [0, 0.1) is 0 Å². The molecule has 0 aliphatic carbocycles. The molecule has 0 saturated heterocycles. The highest BCUT2D eigenvalue weighted by Crippen LogP contribution is 2.27. The van der Waals surface area contributed by atoms with Gasteiger partial charge in [-0.25, -0.2) is 4.79 Å². The van der Waals surface area contributed by atoms with Crippen LogP contribution in [0.15, 0.2) is 18.2 Å². The first-order valence-corrected chi connectivity index (χ1v) is 6.97. The number of nitrogens with one attached hydrogen (secondary N) is 2. The number of urea groups is 1. The fourth-order valence-corrected chi connectivity index (χ4v) is 2.07. The summed E-state index contributed by atoms with van der Waals surface area (Å²) < 4.78 is 5.06. The van der Waals surface area contributed by atoms with E-state index in [0.717, 1.165) is 6.42 Å². The molecule has 21 heavy (non-hydrogen) atoms. The van der Waals surface area contributed by atoms with E-state index in [0.29, 0.717) is 22.9 Å². The molecule has 1 aromatic rings. The Hall–Kier alpha value is -1.95. The minimum Gasteiger partial charge on any atom is -0.495 e. The summed E-state index contributed by atoms with van der Waals surface area (Å²) in [5.74, 6) is -0.493. The molecule has 0 spiro atoms. The highest BCUT2D eigenvalue weighted by Gasteiger charge is 2.15. The van der Waals surface area contributed by atoms with E-state index in [1.165, 1.54) is 7.11 Å². The zero-order valence-electron chi connectivity index (χ0n) is 12.0. The first-order chi connectivity index (χ1) is 9.96. The van der Waals surface area contributed by atoms with E-state index < -0.39 is 18.0 Å². The smallest absolute Gasteiger partial charge is 0.319 e. The van der Waals surface area contributed by atoms with Crippen LogP contribution in [0.2, 0.25) is 5.02 Å². The van der Waals surface area contributed by atoms with Crippen molar-refractivity contribution in [1.82, 2.24) is 5.32 Å². The Morgan fingerprint density at radius 3 is 2.71 bits per heavy atom. The molecule has 116 valence electrons. The summed E-state index contributed by atoms with van der Waals surface area (Å²) in [5.41, 5.74) is 0.513. The minimum atomic E-state index is -0.943. The SMILES string of the molecule is CCCC(CC(=O)O)NC(=O)Nc1ccc(Cl)c(OC)c1. The van der Waals surface area contributed by atoms with Gasteiger partial charge in [-0.2, -0.15) is 0 Å². The molecule has 0 fully saturated rings. The van der Waals surface area contributed by atoms with Crippen molar-refractivity contribution in [2.45, 2.75) is 32.2 Å². The van der Waals surface area contributed by atoms with Crippen LogP contribution in [-0.4, -0.2) is 30.3 Å². The number of aliphatic carboxylic acids is 1. The maximum Gasteiger partial charge on any atom is 0.319 e. The lowest BCUT2D eigenvalue weighted by Gasteiger charge is -2.17. The van der Waals surface area contributed by atoms with Gasteiger partial charge in [-0.3, -0.25) is 4.79 Å². The average Bonchev–Trinajstić information content (AvgIpc) is 2.40. The Morgan fingerprint density at radius 2 is 2.14 bits per heavy atom. The van der Waals surface area contributed by atoms with Gasteiger partial charge >= 0.3 is 12.0 Å². The second-order valence-corrected chi connectivity index (χ2v) is 4.94. The zero-order chi connectivity index (χ0) is 15.8. The van der Waals surface area contributed by atoms with Gasteiger partial charge in [-0.1, -0.05) is 24.9 Å². The van der Waals surface area contributed by atoms with Crippen molar-refractivity contribution in [2.75, 3.05) is 12.4 Å². The quantitative estimate of drug-likeness (QED) is 0.721. The summed E-state index contributed by atoms with van der Waals surface area (Å²) in [5, 5.41) is 14.5. The molecular formula is C14H19ClN2O4. The van der Waals surface area contributed by atoms with Gasteiger partial charge in [0.15, 0.2) is 0 Å². The van der Waals surface area contributed by atoms with E-state index in [9.17, 15) is 9.59 Å². The monoisotopic (exact) mass is 314 g/mol. The van der Waals surface area contributed by atoms with Gasteiger partial charge in [-0.05, 0) is 18.6 Å². The minimum absolute atomic E-state index is 0.106. The summed E-state index contributed by atoms with van der Waals surface area (Å²) in [6, 6.07) is 3.97. The molecule has 0 heterocycles. The molecule has 0 aliphatic heterocycles. The number of halogens is 1. The number of ether oxygens (including phenoxy) is 1. The molecule has 0 aliphatic rings. The lowest BCUT2D eigenvalue weighted by molar-refractivity contribution is -0.137. The summed E-state index contributed by atoms with van der Waals surface area (Å²) in [6.07, 6.45) is 1.28. The van der Waals surface area contributed by atoms with Gasteiger partial charge in [0.05, 0.1) is 18.6 Å². The maximum atomic E-state index is 11.9. The van der Waals surface area contributed by atoms with Gasteiger partial charge in [0, 0.05) is 17.8 Å². The molecule has 1 aromatic carbocycles. The largest absolute Gasteiger partial charge is 0.495 e. The molecule has 2 amide bonds. The van der Waals surface area contributed by atoms with Gasteiger partial charge in [-0.15, -0.1) is 0 Å². The molecule has 1 atom stereocenters. The number of carboxylic acids is 1. The van der Waals surface area contributed by atoms with Crippen LogP contribution in [0.4, 0.5) is 10.5 Å². The van der Waals surface area contributed by atoms with E-state index in [-0.39, 0.29) is 6.42 Å². The molecule has 7 heteroatoms. The van der Waals surface area contributed by atoms with Crippen molar-refractivity contribution in [3.63, 3.8) is 0 Å². The van der Waals surface area contributed by atoms with E-state index in [1.807, 2.05) is 6.92 Å². The lowest BCUT2D eigenvalue weighted by atomic mass is 10.1. The summed E-state index contributed by atoms with van der Waals surface area (Å²) >= 11 is 5.90. The zero-order valence-corrected chi connectivity index (χ0v) is 12.7. The van der Waals surface area contributed by atoms with Crippen LogP contribution in [-0.2, 0) is 4.79 Å². The number of hydrogen-bond acceptors (Lipinski definition) is 3. The van der Waals surface area contributed by atoms with E-state index >= 15 is 0 Å². The number of carbonyl (C=O) groups excluding carboxylic acids is 1. The maximum absolute atomic E-state index is 11.9. The molecule has 0 aromatic heterocycles. The molecule has 3 N–H and O–H groups in total. The van der Waals surface area contributed by atoms with Crippen LogP contribution in [0.25, 0.3) is 0 Å². The van der Waals surface area contributed by atoms with Crippen molar-refractivity contribution >= 4 is 29.3 Å². The number of rotatable bonds is 7. The predicted molar refractivity (Wildman–Crippen MR) is 81.1 cm³/mol. The molecular weight excluding hydrogens is 296 g/mol. The van der Waals surface area contributed by atoms with Gasteiger partial charge in [0.1, 0.15) is 5.75 Å². The molecule has 1 unspecified atom stereocenters. The highest BCUT2D eigenvalue weighted by molar-refractivity contribution is 6.32. The van der Waals surface area contributed by atoms with Gasteiger partial charge < -0.3 is 20.5 Å². The Bertz CT molecular complexity index is 508. The topological polar surface area (TPSA) is 87.7 Å². The second kappa shape index (κ2) is 8.36. The van der Waals surface area contributed by atoms with Crippen LogP contribution < -0.4 is 15.4 Å². The van der Waals surface area contributed by atoms with Crippen LogP contribution in [0.5, 0.6) is 5.75 Å². The van der Waals surface area contributed by atoms with Crippen molar-refractivity contribution in [3.05, 3.63) is 23.2 Å². The highest BCUT2D eigenvalue weighted by atomic mass is 35.5. The van der Waals surface area contributed by atoms with Crippen LogP contribution in [0.1, 0.15) is 26.2 Å². The normalized spacial score (nSPS) is 11.6. The summed E-state index contributed by atoms with van der Waals surface area (Å²) in [7, 11) is 1.48. The van der Waals surface area contributed by atoms with Gasteiger partial charge in [0.25, 0.3) is 0 Å². The number of methoxy groups -OCH3 is 1. The Labute approximate surface area is 128 Å². The molecule has 0 bridgehead atoms. The lowest BCUT2D eigenvalue weighted by Crippen LogP contribution is -2.39. The Kier molecular flexibility index (Phi) is 6.81. The third-order valence-corrected chi connectivity index (χ3v) is 3.11. The third-order valence-electron chi connectivity index (χ3n) is 2.80. The van der Waals surface area contributed by atoms with Crippen molar-refractivity contribution in [3.8, 4) is 5.75 Å². The summed E-state index contributed by atoms with van der Waals surface area (Å²) in [6.45, 7) is 1.93. The number of anilines is 1. The standard InChI is InChI=1S/C14H19ClN2O4/c1-3-4-9(8-13(18)19)16-14(20)17-10-5-6-11(15)12(7-10)21-2/h5-7,9H,3-4,8H2,1-2H3,(H,18,19)(H2,16,17,20). The second-order valence-electron chi connectivity index (χ2n) is 4.53. The predicted octanol–water partition coefficient (Wildman–Crippen LogP) is 3.11. The molecule has 1 rings (SSSR count). The van der Waals surface area contributed by atoms with E-state index in [2.05, 4.69) is 10.6 Å². The van der Waals surface area contributed by atoms with Crippen LogP contribution in [0.3, 0.4) is 0 Å². The van der Waals surface area contributed by atoms with E-state index in [4.69, 9.17) is 21.4 Å². The number of carboxylic acid groups (broad SMARTS) is 1. The number of benzene rings is 1. The van der Waals surface area contributed by atoms with Crippen molar-refractivity contribution in [1.29, 1.82) is 0 Å². The van der Waals surface area contributed by atoms with Crippen molar-refractivity contribution in [2.24, 2.45) is 0 Å². The molecule has 0 radical (unpaired) electrons.